The molecular weight excluding hydrogens is 372 g/mol. The maximum Gasteiger partial charge on any atom is 0.146 e. The SMILES string of the molecule is OC1CCCCC1Nc1nc(CN2CCOCC2)nc2sc3c(c12)CCCC3. The molecule has 152 valence electrons. The molecule has 28 heavy (non-hydrogen) atoms. The summed E-state index contributed by atoms with van der Waals surface area (Å²) in [6.07, 6.45) is 8.73. The second kappa shape index (κ2) is 8.22. The van der Waals surface area contributed by atoms with E-state index >= 15 is 0 Å². The summed E-state index contributed by atoms with van der Waals surface area (Å²) >= 11 is 1.86. The van der Waals surface area contributed by atoms with Crippen molar-refractivity contribution < 1.29 is 9.84 Å². The summed E-state index contributed by atoms with van der Waals surface area (Å²) in [6.45, 7) is 4.21. The third kappa shape index (κ3) is 3.77. The predicted molar refractivity (Wildman–Crippen MR) is 112 cm³/mol. The van der Waals surface area contributed by atoms with Crippen molar-refractivity contribution in [2.24, 2.45) is 0 Å². The molecule has 2 fully saturated rings. The lowest BCUT2D eigenvalue weighted by Crippen LogP contribution is -2.37. The molecule has 2 unspecified atom stereocenters. The molecule has 3 heterocycles. The van der Waals surface area contributed by atoms with E-state index in [1.165, 1.54) is 41.5 Å². The molecule has 3 aliphatic rings. The number of aliphatic hydroxyl groups excluding tert-OH is 1. The average molecular weight is 403 g/mol. The second-order valence-corrected chi connectivity index (χ2v) is 9.45. The third-order valence-corrected chi connectivity index (χ3v) is 7.57. The minimum absolute atomic E-state index is 0.0993. The van der Waals surface area contributed by atoms with Crippen LogP contribution in [0.4, 0.5) is 5.82 Å². The molecular formula is C21H30N4O2S. The molecule has 2 N–H and O–H groups in total. The molecule has 2 atom stereocenters. The fraction of sp³-hybridized carbons (Fsp3) is 0.714. The number of hydrogen-bond donors (Lipinski definition) is 2. The van der Waals surface area contributed by atoms with Crippen LogP contribution in [0.2, 0.25) is 0 Å². The Bertz CT molecular complexity index is 833. The van der Waals surface area contributed by atoms with E-state index in [0.717, 1.165) is 75.0 Å². The monoisotopic (exact) mass is 402 g/mol. The lowest BCUT2D eigenvalue weighted by atomic mass is 9.92. The first kappa shape index (κ1) is 18.7. The molecule has 1 aliphatic heterocycles. The zero-order valence-corrected chi connectivity index (χ0v) is 17.3. The van der Waals surface area contributed by atoms with Crippen molar-refractivity contribution in [1.29, 1.82) is 0 Å². The van der Waals surface area contributed by atoms with Gasteiger partial charge in [-0.05, 0) is 44.1 Å². The molecule has 5 rings (SSSR count). The number of fused-ring (bicyclic) bond motifs is 3. The van der Waals surface area contributed by atoms with Gasteiger partial charge in [-0.1, -0.05) is 12.8 Å². The van der Waals surface area contributed by atoms with E-state index in [1.807, 2.05) is 11.3 Å². The van der Waals surface area contributed by atoms with Crippen LogP contribution in [0.15, 0.2) is 0 Å². The molecule has 0 radical (unpaired) electrons. The lowest BCUT2D eigenvalue weighted by Gasteiger charge is -2.29. The van der Waals surface area contributed by atoms with Crippen LogP contribution in [-0.2, 0) is 24.1 Å². The normalized spacial score (nSPS) is 26.3. The number of aromatic nitrogens is 2. The number of aliphatic hydroxyl groups is 1. The summed E-state index contributed by atoms with van der Waals surface area (Å²) in [5.74, 6) is 1.85. The van der Waals surface area contributed by atoms with Gasteiger partial charge in [0.1, 0.15) is 16.5 Å². The molecule has 6 nitrogen and oxygen atoms in total. The summed E-state index contributed by atoms with van der Waals surface area (Å²) in [5.41, 5.74) is 1.46. The number of nitrogens with one attached hydrogen (secondary N) is 1. The van der Waals surface area contributed by atoms with Gasteiger partial charge in [-0.3, -0.25) is 4.90 Å². The molecule has 0 amide bonds. The van der Waals surface area contributed by atoms with Crippen molar-refractivity contribution in [2.45, 2.75) is 70.1 Å². The topological polar surface area (TPSA) is 70.5 Å². The Hall–Kier alpha value is -1.28. The Labute approximate surface area is 170 Å². The van der Waals surface area contributed by atoms with Gasteiger partial charge in [0.05, 0.1) is 37.3 Å². The summed E-state index contributed by atoms with van der Waals surface area (Å²) < 4.78 is 5.48. The van der Waals surface area contributed by atoms with Gasteiger partial charge >= 0.3 is 0 Å². The highest BCUT2D eigenvalue weighted by atomic mass is 32.1. The zero-order chi connectivity index (χ0) is 18.9. The minimum Gasteiger partial charge on any atom is -0.391 e. The first-order chi connectivity index (χ1) is 13.8. The van der Waals surface area contributed by atoms with Gasteiger partial charge in [0.25, 0.3) is 0 Å². The molecule has 0 aromatic carbocycles. The van der Waals surface area contributed by atoms with Crippen LogP contribution < -0.4 is 5.32 Å². The Balaban J connectivity index is 1.51. The van der Waals surface area contributed by atoms with Crippen molar-refractivity contribution in [3.63, 3.8) is 0 Å². The highest BCUT2D eigenvalue weighted by molar-refractivity contribution is 7.19. The number of thiophene rings is 1. The second-order valence-electron chi connectivity index (χ2n) is 8.37. The number of morpholine rings is 1. The maximum absolute atomic E-state index is 10.5. The van der Waals surface area contributed by atoms with Crippen molar-refractivity contribution in [3.05, 3.63) is 16.3 Å². The number of ether oxygens (including phenoxy) is 1. The van der Waals surface area contributed by atoms with E-state index < -0.39 is 0 Å². The van der Waals surface area contributed by atoms with Gasteiger partial charge in [-0.2, -0.15) is 0 Å². The van der Waals surface area contributed by atoms with E-state index in [4.69, 9.17) is 14.7 Å². The zero-order valence-electron chi connectivity index (χ0n) is 16.5. The Morgan fingerprint density at radius 2 is 1.89 bits per heavy atom. The molecule has 0 bridgehead atoms. The summed E-state index contributed by atoms with van der Waals surface area (Å²) in [4.78, 5) is 15.0. The van der Waals surface area contributed by atoms with Crippen LogP contribution in [0.3, 0.4) is 0 Å². The smallest absolute Gasteiger partial charge is 0.146 e. The average Bonchev–Trinajstić information content (AvgIpc) is 3.09. The molecule has 2 aliphatic carbocycles. The van der Waals surface area contributed by atoms with Gasteiger partial charge in [0.2, 0.25) is 0 Å². The van der Waals surface area contributed by atoms with Crippen molar-refractivity contribution in [3.8, 4) is 0 Å². The molecule has 7 heteroatoms. The van der Waals surface area contributed by atoms with Crippen LogP contribution in [0.1, 0.15) is 54.8 Å². The quantitative estimate of drug-likeness (QED) is 0.819. The van der Waals surface area contributed by atoms with Gasteiger partial charge in [0, 0.05) is 18.0 Å². The van der Waals surface area contributed by atoms with Crippen LogP contribution in [0.5, 0.6) is 0 Å². The molecule has 2 aromatic heterocycles. The molecule has 2 aromatic rings. The summed E-state index contributed by atoms with van der Waals surface area (Å²) in [5, 5.41) is 15.4. The first-order valence-corrected chi connectivity index (χ1v) is 11.7. The van der Waals surface area contributed by atoms with E-state index in [0.29, 0.717) is 0 Å². The Morgan fingerprint density at radius 1 is 1.07 bits per heavy atom. The summed E-state index contributed by atoms with van der Waals surface area (Å²) in [6, 6.07) is 0.0993. The van der Waals surface area contributed by atoms with Crippen molar-refractivity contribution >= 4 is 27.4 Å². The number of aryl methyl sites for hydroxylation is 2. The Kier molecular flexibility index (Phi) is 5.50. The van der Waals surface area contributed by atoms with Crippen LogP contribution in [-0.4, -0.2) is 58.4 Å². The van der Waals surface area contributed by atoms with Gasteiger partial charge < -0.3 is 15.2 Å². The maximum atomic E-state index is 10.5. The molecule has 0 spiro atoms. The van der Waals surface area contributed by atoms with Crippen molar-refractivity contribution in [1.82, 2.24) is 14.9 Å². The lowest BCUT2D eigenvalue weighted by molar-refractivity contribution is 0.0331. The van der Waals surface area contributed by atoms with E-state index in [-0.39, 0.29) is 12.1 Å². The van der Waals surface area contributed by atoms with Crippen molar-refractivity contribution in [2.75, 3.05) is 31.6 Å². The molecule has 1 saturated heterocycles. The van der Waals surface area contributed by atoms with Crippen LogP contribution in [0.25, 0.3) is 10.2 Å². The number of anilines is 1. The fourth-order valence-corrected chi connectivity index (χ4v) is 6.07. The predicted octanol–water partition coefficient (Wildman–Crippen LogP) is 3.12. The number of rotatable bonds is 4. The van der Waals surface area contributed by atoms with Gasteiger partial charge in [-0.25, -0.2) is 9.97 Å². The van der Waals surface area contributed by atoms with Gasteiger partial charge in [-0.15, -0.1) is 11.3 Å². The Morgan fingerprint density at radius 3 is 2.75 bits per heavy atom. The minimum atomic E-state index is -0.282. The highest BCUT2D eigenvalue weighted by Gasteiger charge is 2.27. The van der Waals surface area contributed by atoms with E-state index in [1.54, 1.807) is 0 Å². The highest BCUT2D eigenvalue weighted by Crippen LogP contribution is 2.39. The molecule has 1 saturated carbocycles. The fourth-order valence-electron chi connectivity index (χ4n) is 4.79. The number of hydrogen-bond acceptors (Lipinski definition) is 7. The number of nitrogens with zero attached hydrogens (tertiary/aromatic N) is 3. The summed E-state index contributed by atoms with van der Waals surface area (Å²) in [7, 11) is 0. The third-order valence-electron chi connectivity index (χ3n) is 6.38. The first-order valence-electron chi connectivity index (χ1n) is 10.8. The van der Waals surface area contributed by atoms with E-state index in [2.05, 4.69) is 10.2 Å². The standard InChI is InChI=1S/C21H30N4O2S/c26-16-7-3-2-6-15(16)22-20-19-14-5-1-4-8-17(14)28-21(19)24-18(23-20)13-25-9-11-27-12-10-25/h15-16,26H,1-13H2,(H,22,23,24). The van der Waals surface area contributed by atoms with Gasteiger partial charge in [0.15, 0.2) is 0 Å². The van der Waals surface area contributed by atoms with Crippen LogP contribution >= 0.6 is 11.3 Å². The van der Waals surface area contributed by atoms with Crippen LogP contribution in [0, 0.1) is 0 Å². The largest absolute Gasteiger partial charge is 0.391 e. The van der Waals surface area contributed by atoms with E-state index in [9.17, 15) is 5.11 Å².